The number of carbonyl (C=O) groups is 2. The van der Waals surface area contributed by atoms with Crippen LogP contribution in [0.25, 0.3) is 6.08 Å². The predicted octanol–water partition coefficient (Wildman–Crippen LogP) is 7.49. The molecule has 0 radical (unpaired) electrons. The number of thioether (sulfide) groups is 1. The van der Waals surface area contributed by atoms with Crippen LogP contribution in [0.2, 0.25) is 5.02 Å². The Morgan fingerprint density at radius 2 is 1.77 bits per heavy atom. The van der Waals surface area contributed by atoms with E-state index in [-0.39, 0.29) is 11.9 Å². The van der Waals surface area contributed by atoms with E-state index in [9.17, 15) is 9.59 Å². The maximum absolute atomic E-state index is 13.0. The van der Waals surface area contributed by atoms with Gasteiger partial charge in [-0.3, -0.25) is 9.69 Å². The lowest BCUT2D eigenvalue weighted by Gasteiger charge is -2.15. The van der Waals surface area contributed by atoms with Crippen LogP contribution in [0.4, 0.5) is 5.69 Å². The highest BCUT2D eigenvalue weighted by Crippen LogP contribution is 2.40. The van der Waals surface area contributed by atoms with Gasteiger partial charge in [0.15, 0.2) is 16.7 Å². The summed E-state index contributed by atoms with van der Waals surface area (Å²) in [6.07, 6.45) is 1.80. The average Bonchev–Trinajstić information content (AvgIpc) is 3.17. The Morgan fingerprint density at radius 3 is 2.44 bits per heavy atom. The second-order valence-corrected chi connectivity index (χ2v) is 10.6. The summed E-state index contributed by atoms with van der Waals surface area (Å²) in [5.74, 6) is 0.583. The fourth-order valence-corrected chi connectivity index (χ4v) is 5.30. The minimum absolute atomic E-state index is 0.168. The van der Waals surface area contributed by atoms with Gasteiger partial charge in [-0.05, 0) is 107 Å². The Hall–Kier alpha value is -3.27. The molecule has 0 unspecified atom stereocenters. The number of amides is 1. The van der Waals surface area contributed by atoms with Gasteiger partial charge in [-0.15, -0.1) is 0 Å². The largest absolute Gasteiger partial charge is 0.490 e. The molecular weight excluding hydrogens is 604 g/mol. The zero-order valence-corrected chi connectivity index (χ0v) is 24.7. The van der Waals surface area contributed by atoms with Crippen LogP contribution in [0.3, 0.4) is 0 Å². The molecule has 4 rings (SSSR count). The molecule has 1 heterocycles. The molecule has 1 fully saturated rings. The van der Waals surface area contributed by atoms with Crippen LogP contribution in [0, 0.1) is 0 Å². The summed E-state index contributed by atoms with van der Waals surface area (Å²) in [4.78, 5) is 31.5. The number of hydrogen-bond acceptors (Lipinski definition) is 7. The molecule has 10 heteroatoms. The number of rotatable bonds is 9. The number of ether oxygens (including phenoxy) is 3. The fourth-order valence-electron chi connectivity index (χ4n) is 3.61. The molecule has 1 aliphatic heterocycles. The highest BCUT2D eigenvalue weighted by Gasteiger charge is 2.30. The van der Waals surface area contributed by atoms with Crippen LogP contribution in [0.1, 0.15) is 35.3 Å². The minimum Gasteiger partial charge on any atom is -0.490 e. The molecule has 0 spiro atoms. The van der Waals surface area contributed by atoms with Crippen molar-refractivity contribution in [2.45, 2.75) is 20.5 Å². The molecular formula is C29H26BrClN2O5S. The molecule has 1 saturated heterocycles. The highest BCUT2D eigenvalue weighted by atomic mass is 79.9. The van der Waals surface area contributed by atoms with E-state index in [4.69, 9.17) is 25.8 Å². The monoisotopic (exact) mass is 628 g/mol. The van der Waals surface area contributed by atoms with Crippen LogP contribution in [-0.2, 0) is 16.1 Å². The minimum atomic E-state index is -0.386. The third-order valence-electron chi connectivity index (χ3n) is 5.53. The molecule has 7 nitrogen and oxygen atoms in total. The third-order valence-corrected chi connectivity index (χ3v) is 7.43. The number of aliphatic imine (C=N–C) groups is 1. The highest BCUT2D eigenvalue weighted by molar-refractivity contribution is 9.10. The van der Waals surface area contributed by atoms with Gasteiger partial charge >= 0.3 is 5.97 Å². The second-order valence-electron chi connectivity index (χ2n) is 8.31. The molecule has 39 heavy (non-hydrogen) atoms. The summed E-state index contributed by atoms with van der Waals surface area (Å²) in [6.45, 7) is 4.76. The summed E-state index contributed by atoms with van der Waals surface area (Å²) in [7, 11) is 1.68. The van der Waals surface area contributed by atoms with Gasteiger partial charge in [0, 0.05) is 12.1 Å². The number of benzene rings is 3. The van der Waals surface area contributed by atoms with Gasteiger partial charge < -0.3 is 14.2 Å². The summed E-state index contributed by atoms with van der Waals surface area (Å²) in [6, 6.07) is 17.9. The van der Waals surface area contributed by atoms with Crippen molar-refractivity contribution in [2.24, 2.45) is 4.99 Å². The Kier molecular flexibility index (Phi) is 9.72. The maximum atomic E-state index is 13.0. The van der Waals surface area contributed by atoms with Crippen molar-refractivity contribution >= 4 is 68.1 Å². The van der Waals surface area contributed by atoms with Crippen LogP contribution < -0.4 is 9.47 Å². The molecule has 0 aliphatic carbocycles. The van der Waals surface area contributed by atoms with Crippen LogP contribution in [0.15, 0.2) is 75.0 Å². The molecule has 3 aromatic carbocycles. The number of carbonyl (C=O) groups excluding carboxylic acids is 2. The van der Waals surface area contributed by atoms with E-state index in [0.717, 1.165) is 11.1 Å². The number of nitrogens with zero attached hydrogens (tertiary/aromatic N) is 2. The van der Waals surface area contributed by atoms with E-state index in [0.29, 0.717) is 62.1 Å². The van der Waals surface area contributed by atoms with Crippen molar-refractivity contribution in [1.29, 1.82) is 0 Å². The van der Waals surface area contributed by atoms with Gasteiger partial charge in [-0.2, -0.15) is 0 Å². The number of likely N-dealkylation sites (N-methyl/N-ethyl adjacent to an activating group) is 1. The Balaban J connectivity index is 1.54. The van der Waals surface area contributed by atoms with Crippen molar-refractivity contribution in [3.8, 4) is 11.5 Å². The van der Waals surface area contributed by atoms with E-state index in [1.54, 1.807) is 44.3 Å². The Labute approximate surface area is 244 Å². The SMILES string of the molecule is CCOC(=O)c1ccc(N=C2SC(=Cc3cc(Br)c(OCc4ccc(Cl)cc4)c(OCC)c3)C(=O)N2C)cc1. The number of halogens is 2. The summed E-state index contributed by atoms with van der Waals surface area (Å²) in [5, 5.41) is 1.19. The van der Waals surface area contributed by atoms with E-state index in [1.165, 1.54) is 16.7 Å². The lowest BCUT2D eigenvalue weighted by Crippen LogP contribution is -2.23. The smallest absolute Gasteiger partial charge is 0.338 e. The standard InChI is InChI=1S/C29H26BrClN2O5S/c1-4-36-24-15-19(14-23(30)26(24)38-17-18-6-10-21(31)11-7-18)16-25-27(34)33(3)29(39-25)32-22-12-8-20(9-13-22)28(35)37-5-2/h6-16H,4-5,17H2,1-3H3. The van der Waals surface area contributed by atoms with Crippen molar-refractivity contribution in [1.82, 2.24) is 4.90 Å². The first-order valence-electron chi connectivity index (χ1n) is 12.2. The van der Waals surface area contributed by atoms with Crippen LogP contribution >= 0.6 is 39.3 Å². The Bertz CT molecular complexity index is 1420. The lowest BCUT2D eigenvalue weighted by molar-refractivity contribution is -0.121. The van der Waals surface area contributed by atoms with E-state index < -0.39 is 0 Å². The first-order chi connectivity index (χ1) is 18.8. The van der Waals surface area contributed by atoms with Gasteiger partial charge in [0.05, 0.1) is 33.8 Å². The summed E-state index contributed by atoms with van der Waals surface area (Å²) in [5.41, 5.74) is 2.81. The van der Waals surface area contributed by atoms with Gasteiger partial charge in [0.1, 0.15) is 6.61 Å². The predicted molar refractivity (Wildman–Crippen MR) is 159 cm³/mol. The zero-order valence-electron chi connectivity index (χ0n) is 21.6. The topological polar surface area (TPSA) is 77.4 Å². The third kappa shape index (κ3) is 7.23. The van der Waals surface area contributed by atoms with E-state index in [2.05, 4.69) is 20.9 Å². The maximum Gasteiger partial charge on any atom is 0.338 e. The number of amidine groups is 1. The number of esters is 1. The van der Waals surface area contributed by atoms with Crippen molar-refractivity contribution < 1.29 is 23.8 Å². The molecule has 202 valence electrons. The van der Waals surface area contributed by atoms with Crippen LogP contribution in [-0.4, -0.2) is 42.2 Å². The molecule has 0 saturated carbocycles. The fraction of sp³-hybridized carbons (Fsp3) is 0.207. The average molecular weight is 630 g/mol. The van der Waals surface area contributed by atoms with E-state index >= 15 is 0 Å². The summed E-state index contributed by atoms with van der Waals surface area (Å²) >= 11 is 10.8. The van der Waals surface area contributed by atoms with Crippen molar-refractivity contribution in [3.05, 3.63) is 91.8 Å². The second kappa shape index (κ2) is 13.2. The van der Waals surface area contributed by atoms with Gasteiger partial charge in [0.2, 0.25) is 0 Å². The quantitative estimate of drug-likeness (QED) is 0.180. The van der Waals surface area contributed by atoms with Crippen molar-refractivity contribution in [3.63, 3.8) is 0 Å². The normalized spacial score (nSPS) is 15.2. The molecule has 0 bridgehead atoms. The Morgan fingerprint density at radius 1 is 1.05 bits per heavy atom. The van der Waals surface area contributed by atoms with Gasteiger partial charge in [-0.25, -0.2) is 9.79 Å². The first kappa shape index (κ1) is 28.7. The van der Waals surface area contributed by atoms with E-state index in [1.807, 2.05) is 43.3 Å². The molecule has 0 N–H and O–H groups in total. The molecule has 1 amide bonds. The van der Waals surface area contributed by atoms with Gasteiger partial charge in [0.25, 0.3) is 5.91 Å². The first-order valence-corrected chi connectivity index (χ1v) is 14.1. The molecule has 0 atom stereocenters. The molecule has 0 aromatic heterocycles. The lowest BCUT2D eigenvalue weighted by atomic mass is 10.1. The zero-order chi connectivity index (χ0) is 27.9. The molecule has 1 aliphatic rings. The van der Waals surface area contributed by atoms with Crippen LogP contribution in [0.5, 0.6) is 11.5 Å². The van der Waals surface area contributed by atoms with Crippen molar-refractivity contribution in [2.75, 3.05) is 20.3 Å². The number of hydrogen-bond donors (Lipinski definition) is 0. The molecule has 3 aromatic rings. The van der Waals surface area contributed by atoms with Gasteiger partial charge in [-0.1, -0.05) is 23.7 Å². The summed E-state index contributed by atoms with van der Waals surface area (Å²) < 4.78 is 17.6.